The molecule has 0 aromatic heterocycles. The van der Waals surface area contributed by atoms with Gasteiger partial charge in [0.15, 0.2) is 0 Å². The van der Waals surface area contributed by atoms with Crippen LogP contribution in [0.5, 0.6) is 5.75 Å². The van der Waals surface area contributed by atoms with E-state index in [1.165, 1.54) is 11.1 Å². The smallest absolute Gasteiger partial charge is 0.123 e. The summed E-state index contributed by atoms with van der Waals surface area (Å²) in [5.41, 5.74) is 2.72. The minimum atomic E-state index is 0.320. The number of nitrogens with one attached hydrogen (secondary N) is 1. The third-order valence-corrected chi connectivity index (χ3v) is 2.52. The summed E-state index contributed by atoms with van der Waals surface area (Å²) in [4.78, 5) is 0. The van der Waals surface area contributed by atoms with Crippen molar-refractivity contribution in [1.82, 2.24) is 5.32 Å². The fourth-order valence-electron chi connectivity index (χ4n) is 1.84. The molecule has 70 valence electrons. The molecule has 0 aliphatic carbocycles. The quantitative estimate of drug-likeness (QED) is 0.739. The van der Waals surface area contributed by atoms with E-state index in [1.807, 2.05) is 7.05 Å². The lowest BCUT2D eigenvalue weighted by Gasteiger charge is -2.08. The molecule has 1 aliphatic heterocycles. The van der Waals surface area contributed by atoms with E-state index in [2.05, 4.69) is 30.4 Å². The Bertz CT molecular complexity index is 309. The molecule has 0 spiro atoms. The Hall–Kier alpha value is -1.02. The van der Waals surface area contributed by atoms with Crippen molar-refractivity contribution in [2.75, 3.05) is 13.6 Å². The van der Waals surface area contributed by atoms with Crippen LogP contribution in [0, 0.1) is 6.92 Å². The van der Waals surface area contributed by atoms with Crippen molar-refractivity contribution >= 4 is 0 Å². The Kier molecular flexibility index (Phi) is 2.23. The molecule has 1 aromatic rings. The van der Waals surface area contributed by atoms with Gasteiger partial charge in [-0.05, 0) is 25.6 Å². The van der Waals surface area contributed by atoms with Crippen molar-refractivity contribution in [1.29, 1.82) is 0 Å². The molecule has 2 rings (SSSR count). The highest BCUT2D eigenvalue weighted by Gasteiger charge is 2.22. The van der Waals surface area contributed by atoms with E-state index in [1.54, 1.807) is 0 Å². The highest BCUT2D eigenvalue weighted by Crippen LogP contribution is 2.30. The number of benzene rings is 1. The van der Waals surface area contributed by atoms with Crippen LogP contribution in [0.1, 0.15) is 11.1 Å². The number of hydrogen-bond donors (Lipinski definition) is 1. The lowest BCUT2D eigenvalue weighted by Crippen LogP contribution is -2.27. The van der Waals surface area contributed by atoms with Crippen LogP contribution in [0.3, 0.4) is 0 Å². The van der Waals surface area contributed by atoms with Crippen LogP contribution < -0.4 is 10.1 Å². The first-order valence-corrected chi connectivity index (χ1v) is 4.71. The normalized spacial score (nSPS) is 19.7. The van der Waals surface area contributed by atoms with Crippen LogP contribution in [0.15, 0.2) is 18.2 Å². The van der Waals surface area contributed by atoms with E-state index in [9.17, 15) is 0 Å². The second kappa shape index (κ2) is 3.38. The van der Waals surface area contributed by atoms with Crippen molar-refractivity contribution < 1.29 is 4.74 Å². The van der Waals surface area contributed by atoms with Crippen molar-refractivity contribution in [3.05, 3.63) is 29.3 Å². The lowest BCUT2D eigenvalue weighted by atomic mass is 10.0. The molecule has 1 aromatic carbocycles. The average molecular weight is 177 g/mol. The first kappa shape index (κ1) is 8.57. The van der Waals surface area contributed by atoms with Crippen molar-refractivity contribution in [3.8, 4) is 5.75 Å². The molecule has 1 aliphatic rings. The van der Waals surface area contributed by atoms with Gasteiger partial charge < -0.3 is 10.1 Å². The maximum absolute atomic E-state index is 5.77. The van der Waals surface area contributed by atoms with E-state index in [0.29, 0.717) is 6.10 Å². The van der Waals surface area contributed by atoms with E-state index >= 15 is 0 Å². The van der Waals surface area contributed by atoms with Gasteiger partial charge in [0, 0.05) is 18.5 Å². The molecule has 13 heavy (non-hydrogen) atoms. The predicted molar refractivity (Wildman–Crippen MR) is 53.2 cm³/mol. The Morgan fingerprint density at radius 1 is 1.54 bits per heavy atom. The Balaban J connectivity index is 2.20. The molecule has 0 fully saturated rings. The summed E-state index contributed by atoms with van der Waals surface area (Å²) in [6.07, 6.45) is 1.36. The summed E-state index contributed by atoms with van der Waals surface area (Å²) in [5.74, 6) is 1.07. The molecule has 0 bridgehead atoms. The summed E-state index contributed by atoms with van der Waals surface area (Å²) in [5, 5.41) is 3.14. The second-order valence-electron chi connectivity index (χ2n) is 3.55. The molecule has 1 heterocycles. The Labute approximate surface area is 78.9 Å². The minimum absolute atomic E-state index is 0.320. The zero-order chi connectivity index (χ0) is 9.26. The third-order valence-electron chi connectivity index (χ3n) is 2.52. The molecule has 0 saturated heterocycles. The lowest BCUT2D eigenvalue weighted by molar-refractivity contribution is 0.231. The maximum Gasteiger partial charge on any atom is 0.123 e. The molecule has 2 heteroatoms. The van der Waals surface area contributed by atoms with E-state index < -0.39 is 0 Å². The van der Waals surface area contributed by atoms with Crippen molar-refractivity contribution in [2.45, 2.75) is 19.4 Å². The van der Waals surface area contributed by atoms with Crippen LogP contribution in [0.4, 0.5) is 0 Å². The monoisotopic (exact) mass is 177 g/mol. The fourth-order valence-corrected chi connectivity index (χ4v) is 1.84. The van der Waals surface area contributed by atoms with Gasteiger partial charge >= 0.3 is 0 Å². The standard InChI is InChI=1S/C11H15NO/c1-8-4-3-5-11-10(8)6-9(13-11)7-12-2/h3-5,9,12H,6-7H2,1-2H3. The van der Waals surface area contributed by atoms with Gasteiger partial charge in [0.2, 0.25) is 0 Å². The van der Waals surface area contributed by atoms with Crippen LogP contribution in [0.25, 0.3) is 0 Å². The molecule has 1 atom stereocenters. The van der Waals surface area contributed by atoms with Gasteiger partial charge in [0.05, 0.1) is 0 Å². The first-order valence-electron chi connectivity index (χ1n) is 4.71. The number of aryl methyl sites for hydroxylation is 1. The first-order chi connectivity index (χ1) is 6.31. The maximum atomic E-state index is 5.77. The second-order valence-corrected chi connectivity index (χ2v) is 3.55. The molecule has 1 N–H and O–H groups in total. The third kappa shape index (κ3) is 1.54. The van der Waals surface area contributed by atoms with Crippen LogP contribution in [0.2, 0.25) is 0 Å². The van der Waals surface area contributed by atoms with Gasteiger partial charge in [-0.3, -0.25) is 0 Å². The number of hydrogen-bond acceptors (Lipinski definition) is 2. The predicted octanol–water partition coefficient (Wildman–Crippen LogP) is 1.52. The molecule has 2 nitrogen and oxygen atoms in total. The van der Waals surface area contributed by atoms with E-state index in [-0.39, 0.29) is 0 Å². The Morgan fingerprint density at radius 3 is 3.08 bits per heavy atom. The minimum Gasteiger partial charge on any atom is -0.488 e. The van der Waals surface area contributed by atoms with Crippen LogP contribution in [-0.2, 0) is 6.42 Å². The number of fused-ring (bicyclic) bond motifs is 1. The SMILES string of the molecule is CNCC1Cc2c(C)cccc2O1. The Morgan fingerprint density at radius 2 is 2.38 bits per heavy atom. The van der Waals surface area contributed by atoms with Crippen LogP contribution in [-0.4, -0.2) is 19.7 Å². The number of ether oxygens (including phenoxy) is 1. The number of rotatable bonds is 2. The molecule has 0 saturated carbocycles. The molecule has 1 unspecified atom stereocenters. The van der Waals surface area contributed by atoms with Gasteiger partial charge in [-0.25, -0.2) is 0 Å². The summed E-state index contributed by atoms with van der Waals surface area (Å²) < 4.78 is 5.77. The molecular formula is C11H15NO. The summed E-state index contributed by atoms with van der Waals surface area (Å²) in [6, 6.07) is 6.25. The highest BCUT2D eigenvalue weighted by molar-refractivity contribution is 5.42. The molecule has 0 amide bonds. The largest absolute Gasteiger partial charge is 0.488 e. The van der Waals surface area contributed by atoms with Gasteiger partial charge in [0.25, 0.3) is 0 Å². The van der Waals surface area contributed by atoms with Gasteiger partial charge in [-0.2, -0.15) is 0 Å². The average Bonchev–Trinajstić information content (AvgIpc) is 2.49. The summed E-state index contributed by atoms with van der Waals surface area (Å²) in [6.45, 7) is 3.07. The van der Waals surface area contributed by atoms with E-state index in [4.69, 9.17) is 4.74 Å². The topological polar surface area (TPSA) is 21.3 Å². The van der Waals surface area contributed by atoms with Gasteiger partial charge in [-0.1, -0.05) is 12.1 Å². The number of likely N-dealkylation sites (N-methyl/N-ethyl adjacent to an activating group) is 1. The van der Waals surface area contributed by atoms with Gasteiger partial charge in [-0.15, -0.1) is 0 Å². The van der Waals surface area contributed by atoms with Crippen LogP contribution >= 0.6 is 0 Å². The summed E-state index contributed by atoms with van der Waals surface area (Å²) >= 11 is 0. The van der Waals surface area contributed by atoms with Crippen molar-refractivity contribution in [3.63, 3.8) is 0 Å². The fraction of sp³-hybridized carbons (Fsp3) is 0.455. The zero-order valence-corrected chi connectivity index (χ0v) is 8.13. The van der Waals surface area contributed by atoms with Crippen molar-refractivity contribution in [2.24, 2.45) is 0 Å². The molecular weight excluding hydrogens is 162 g/mol. The van der Waals surface area contributed by atoms with E-state index in [0.717, 1.165) is 18.7 Å². The highest BCUT2D eigenvalue weighted by atomic mass is 16.5. The summed E-state index contributed by atoms with van der Waals surface area (Å²) in [7, 11) is 1.96. The molecule has 0 radical (unpaired) electrons. The zero-order valence-electron chi connectivity index (χ0n) is 8.13. The van der Waals surface area contributed by atoms with Gasteiger partial charge in [0.1, 0.15) is 11.9 Å².